The molecule has 0 saturated heterocycles. The fourth-order valence-corrected chi connectivity index (χ4v) is 2.12. The van der Waals surface area contributed by atoms with Gasteiger partial charge in [0.2, 0.25) is 0 Å². The molecule has 21 heavy (non-hydrogen) atoms. The molecule has 2 aromatic carbocycles. The fraction of sp³-hybridized carbons (Fsp3) is 0.200. The molecule has 0 bridgehead atoms. The third-order valence-electron chi connectivity index (χ3n) is 3.20. The zero-order valence-electron chi connectivity index (χ0n) is 11.7. The lowest BCUT2D eigenvalue weighted by molar-refractivity contribution is -0.991. The van der Waals surface area contributed by atoms with Crippen molar-refractivity contribution in [2.24, 2.45) is 0 Å². The number of hydrogen-bond donors (Lipinski definition) is 3. The smallest absolute Gasteiger partial charge is 0.174 e. The molecule has 0 aliphatic heterocycles. The molecule has 6 nitrogen and oxygen atoms in total. The minimum atomic E-state index is -1.14. The summed E-state index contributed by atoms with van der Waals surface area (Å²) in [4.78, 5) is 0. The molecule has 0 heterocycles. The number of methoxy groups -OCH3 is 2. The zero-order valence-corrected chi connectivity index (χ0v) is 11.7. The second-order valence-corrected chi connectivity index (χ2v) is 4.41. The summed E-state index contributed by atoms with van der Waals surface area (Å²) in [6.07, 6.45) is -1.06. The van der Waals surface area contributed by atoms with Crippen molar-refractivity contribution in [2.75, 3.05) is 14.2 Å². The molecular formula is C15H17NO5. The SMILES string of the molecule is COc1cc([C@H](O)c2ccccc2)c([NH+]([O-])O)cc1OC. The highest BCUT2D eigenvalue weighted by atomic mass is 16.8. The van der Waals surface area contributed by atoms with Gasteiger partial charge in [0.05, 0.1) is 19.8 Å². The van der Waals surface area contributed by atoms with E-state index in [0.29, 0.717) is 17.1 Å². The van der Waals surface area contributed by atoms with Crippen LogP contribution in [0, 0.1) is 5.21 Å². The number of aliphatic hydroxyl groups excluding tert-OH is 1. The van der Waals surface area contributed by atoms with Crippen LogP contribution in [0.2, 0.25) is 0 Å². The van der Waals surface area contributed by atoms with Gasteiger partial charge in [0.25, 0.3) is 0 Å². The monoisotopic (exact) mass is 291 g/mol. The van der Waals surface area contributed by atoms with Crippen LogP contribution in [-0.2, 0) is 0 Å². The summed E-state index contributed by atoms with van der Waals surface area (Å²) in [5, 5.41) is 30.1. The molecule has 2 atom stereocenters. The van der Waals surface area contributed by atoms with Crippen LogP contribution >= 0.6 is 0 Å². The number of benzene rings is 2. The second-order valence-electron chi connectivity index (χ2n) is 4.41. The molecule has 0 aliphatic carbocycles. The van der Waals surface area contributed by atoms with Crippen LogP contribution in [0.1, 0.15) is 17.2 Å². The largest absolute Gasteiger partial charge is 0.595 e. The van der Waals surface area contributed by atoms with Crippen molar-refractivity contribution in [2.45, 2.75) is 6.10 Å². The first kappa shape index (κ1) is 15.3. The molecule has 1 unspecified atom stereocenters. The molecule has 112 valence electrons. The van der Waals surface area contributed by atoms with Crippen LogP contribution in [0.3, 0.4) is 0 Å². The number of rotatable bonds is 5. The van der Waals surface area contributed by atoms with E-state index in [1.54, 1.807) is 24.3 Å². The zero-order chi connectivity index (χ0) is 15.4. The molecule has 0 aliphatic rings. The van der Waals surface area contributed by atoms with Gasteiger partial charge in [-0.2, -0.15) is 5.23 Å². The second kappa shape index (κ2) is 6.55. The van der Waals surface area contributed by atoms with Gasteiger partial charge in [0.1, 0.15) is 6.10 Å². The fourth-order valence-electron chi connectivity index (χ4n) is 2.12. The normalized spacial score (nSPS) is 13.6. The lowest BCUT2D eigenvalue weighted by Crippen LogP contribution is -2.99. The molecule has 0 aromatic heterocycles. The molecule has 0 amide bonds. The van der Waals surface area contributed by atoms with E-state index in [2.05, 4.69) is 0 Å². The summed E-state index contributed by atoms with van der Waals surface area (Å²) in [5.41, 5.74) is 0.836. The van der Waals surface area contributed by atoms with Gasteiger partial charge < -0.3 is 19.8 Å². The summed E-state index contributed by atoms with van der Waals surface area (Å²) in [5.74, 6) is 0.673. The summed E-state index contributed by atoms with van der Waals surface area (Å²) in [6.45, 7) is 0. The van der Waals surface area contributed by atoms with E-state index < -0.39 is 11.3 Å². The van der Waals surface area contributed by atoms with Crippen LogP contribution in [0.5, 0.6) is 11.5 Å². The Hall–Kier alpha value is -2.12. The lowest BCUT2D eigenvalue weighted by Gasteiger charge is -2.21. The Morgan fingerprint density at radius 1 is 1.05 bits per heavy atom. The van der Waals surface area contributed by atoms with Crippen LogP contribution in [-0.4, -0.2) is 24.5 Å². The predicted molar refractivity (Wildman–Crippen MR) is 75.8 cm³/mol. The van der Waals surface area contributed by atoms with Crippen molar-refractivity contribution >= 4 is 5.69 Å². The van der Waals surface area contributed by atoms with Gasteiger partial charge >= 0.3 is 0 Å². The minimum absolute atomic E-state index is 0.0241. The van der Waals surface area contributed by atoms with Gasteiger partial charge in [0.15, 0.2) is 17.2 Å². The predicted octanol–water partition coefficient (Wildman–Crippen LogP) is 1.19. The highest BCUT2D eigenvalue weighted by Crippen LogP contribution is 2.36. The van der Waals surface area contributed by atoms with Gasteiger partial charge in [-0.1, -0.05) is 30.3 Å². The first-order valence-electron chi connectivity index (χ1n) is 6.30. The molecule has 0 saturated carbocycles. The Balaban J connectivity index is 2.55. The average Bonchev–Trinajstić information content (AvgIpc) is 2.53. The number of quaternary nitrogens is 1. The number of nitrogens with one attached hydrogen (secondary N) is 1. The van der Waals surface area contributed by atoms with Gasteiger partial charge in [-0.15, -0.1) is 0 Å². The van der Waals surface area contributed by atoms with Crippen molar-refractivity contribution in [1.82, 2.24) is 0 Å². The third-order valence-corrected chi connectivity index (χ3v) is 3.20. The molecule has 0 spiro atoms. The average molecular weight is 291 g/mol. The maximum atomic E-state index is 11.4. The van der Waals surface area contributed by atoms with E-state index in [4.69, 9.17) is 9.47 Å². The van der Waals surface area contributed by atoms with Crippen LogP contribution in [0.25, 0.3) is 0 Å². The van der Waals surface area contributed by atoms with Crippen molar-refractivity contribution in [3.05, 3.63) is 58.8 Å². The van der Waals surface area contributed by atoms with Gasteiger partial charge in [-0.3, -0.25) is 0 Å². The lowest BCUT2D eigenvalue weighted by atomic mass is 9.99. The van der Waals surface area contributed by atoms with Crippen LogP contribution in [0.15, 0.2) is 42.5 Å². The maximum Gasteiger partial charge on any atom is 0.174 e. The standard InChI is InChI=1S/C15H17NO5/c1-20-13-8-11(12(16(18)19)9-14(13)21-2)15(17)10-6-4-3-5-7-10/h3-9,15-18H,1-2H3/t15-/m1/s1. The first-order chi connectivity index (χ1) is 10.1. The van der Waals surface area contributed by atoms with Gasteiger partial charge in [0, 0.05) is 6.07 Å². The Kier molecular flexibility index (Phi) is 4.77. The van der Waals surface area contributed by atoms with Crippen molar-refractivity contribution in [1.29, 1.82) is 0 Å². The van der Waals surface area contributed by atoms with Crippen molar-refractivity contribution in [3.8, 4) is 11.5 Å². The van der Waals surface area contributed by atoms with E-state index in [9.17, 15) is 15.5 Å². The molecule has 0 fully saturated rings. The Morgan fingerprint density at radius 2 is 1.62 bits per heavy atom. The molecule has 2 rings (SSSR count). The van der Waals surface area contributed by atoms with E-state index in [0.717, 1.165) is 0 Å². The summed E-state index contributed by atoms with van der Waals surface area (Å²) in [7, 11) is 2.88. The summed E-state index contributed by atoms with van der Waals surface area (Å²) >= 11 is 0. The van der Waals surface area contributed by atoms with Crippen LogP contribution in [0.4, 0.5) is 5.69 Å². The highest BCUT2D eigenvalue weighted by molar-refractivity contribution is 5.56. The van der Waals surface area contributed by atoms with E-state index in [1.165, 1.54) is 26.4 Å². The Labute approximate surface area is 122 Å². The maximum absolute atomic E-state index is 11.4. The third kappa shape index (κ3) is 3.14. The van der Waals surface area contributed by atoms with Gasteiger partial charge in [-0.05, 0) is 11.6 Å². The number of aliphatic hydroxyl groups is 1. The van der Waals surface area contributed by atoms with Gasteiger partial charge in [-0.25, -0.2) is 5.21 Å². The van der Waals surface area contributed by atoms with E-state index in [-0.39, 0.29) is 11.3 Å². The van der Waals surface area contributed by atoms with Crippen molar-refractivity contribution < 1.29 is 25.0 Å². The number of hydrogen-bond acceptors (Lipinski definition) is 5. The topological polar surface area (TPSA) is 86.4 Å². The van der Waals surface area contributed by atoms with E-state index >= 15 is 0 Å². The molecule has 6 heteroatoms. The molecular weight excluding hydrogens is 274 g/mol. The van der Waals surface area contributed by atoms with E-state index in [1.807, 2.05) is 6.07 Å². The molecule has 3 N–H and O–H groups in total. The molecule has 2 aromatic rings. The van der Waals surface area contributed by atoms with Crippen LogP contribution < -0.4 is 14.7 Å². The molecule has 0 radical (unpaired) electrons. The first-order valence-corrected chi connectivity index (χ1v) is 6.30. The number of ether oxygens (including phenoxy) is 2. The Morgan fingerprint density at radius 3 is 2.14 bits per heavy atom. The quantitative estimate of drug-likeness (QED) is 0.720. The highest BCUT2D eigenvalue weighted by Gasteiger charge is 2.22. The minimum Gasteiger partial charge on any atom is -0.595 e. The van der Waals surface area contributed by atoms with Crippen molar-refractivity contribution in [3.63, 3.8) is 0 Å². The summed E-state index contributed by atoms with van der Waals surface area (Å²) < 4.78 is 10.3. The Bertz CT molecular complexity index is 601. The summed E-state index contributed by atoms with van der Waals surface area (Å²) in [6, 6.07) is 11.7.